The summed E-state index contributed by atoms with van der Waals surface area (Å²) in [6.07, 6.45) is 1.45. The van der Waals surface area contributed by atoms with Gasteiger partial charge in [0.15, 0.2) is 12.6 Å². The van der Waals surface area contributed by atoms with Crippen molar-refractivity contribution in [2.24, 2.45) is 0 Å². The van der Waals surface area contributed by atoms with Crippen LogP contribution in [-0.2, 0) is 23.7 Å². The zero-order valence-electron chi connectivity index (χ0n) is 26.4. The van der Waals surface area contributed by atoms with Gasteiger partial charge in [-0.1, -0.05) is 90.4 Å². The Balaban J connectivity index is 1.56. The Morgan fingerprint density at radius 3 is 1.61 bits per heavy atom. The molecule has 0 aliphatic carbocycles. The second-order valence-electron chi connectivity index (χ2n) is 12.2. The van der Waals surface area contributed by atoms with Crippen LogP contribution in [0.15, 0.2) is 0 Å². The van der Waals surface area contributed by atoms with Crippen LogP contribution in [0, 0.1) is 0 Å². The average molecular weight is 641 g/mol. The van der Waals surface area contributed by atoms with Crippen molar-refractivity contribution in [1.82, 2.24) is 0 Å². The largest absolute Gasteiger partial charge is 0.394 e. The fourth-order valence-corrected chi connectivity index (χ4v) is 5.57. The van der Waals surface area contributed by atoms with Gasteiger partial charge in [0, 0.05) is 6.61 Å². The summed E-state index contributed by atoms with van der Waals surface area (Å²) in [4.78, 5) is 0. The molecule has 2 fully saturated rings. The zero-order valence-corrected chi connectivity index (χ0v) is 26.4. The summed E-state index contributed by atoms with van der Waals surface area (Å²) < 4.78 is 27.3. The number of aliphatic hydroxyl groups excluding tert-OH is 8. The Morgan fingerprint density at radius 2 is 1.07 bits per heavy atom. The quantitative estimate of drug-likeness (QED) is 0.0677. The Kier molecular flexibility index (Phi) is 20.7. The summed E-state index contributed by atoms with van der Waals surface area (Å²) in [5.41, 5.74) is 0. The lowest BCUT2D eigenvalue weighted by Gasteiger charge is -2.46. The van der Waals surface area contributed by atoms with E-state index in [1.165, 1.54) is 77.0 Å². The summed E-state index contributed by atoms with van der Waals surface area (Å²) in [6.45, 7) is 1.17. The van der Waals surface area contributed by atoms with Crippen LogP contribution < -0.4 is 0 Å². The van der Waals surface area contributed by atoms with E-state index in [4.69, 9.17) is 23.7 Å². The summed E-state index contributed by atoms with van der Waals surface area (Å²) in [5.74, 6) is 0. The molecule has 0 aromatic carbocycles. The van der Waals surface area contributed by atoms with Gasteiger partial charge in [-0.3, -0.25) is 0 Å². The van der Waals surface area contributed by atoms with Crippen molar-refractivity contribution in [2.45, 2.75) is 164 Å². The maximum Gasteiger partial charge on any atom is 0.187 e. The van der Waals surface area contributed by atoms with Gasteiger partial charge in [0.05, 0.1) is 26.4 Å². The molecule has 2 aliphatic heterocycles. The molecule has 11 atom stereocenters. The highest BCUT2D eigenvalue weighted by molar-refractivity contribution is 4.94. The van der Waals surface area contributed by atoms with Crippen LogP contribution in [0.25, 0.3) is 0 Å². The Hall–Kier alpha value is -0.520. The van der Waals surface area contributed by atoms with Gasteiger partial charge in [-0.15, -0.1) is 0 Å². The number of hydrogen-bond donors (Lipinski definition) is 8. The third-order valence-corrected chi connectivity index (χ3v) is 8.37. The average Bonchev–Trinajstić information content (AvgIpc) is 3.02. The molecule has 0 radical (unpaired) electrons. The fourth-order valence-electron chi connectivity index (χ4n) is 5.57. The van der Waals surface area contributed by atoms with Crippen LogP contribution in [0.4, 0.5) is 0 Å². The molecule has 2 heterocycles. The molecule has 0 aromatic rings. The minimum atomic E-state index is -1.75. The first kappa shape index (κ1) is 39.7. The van der Waals surface area contributed by atoms with E-state index in [9.17, 15) is 40.9 Å². The number of rotatable bonds is 24. The highest BCUT2D eigenvalue weighted by Gasteiger charge is 2.50. The smallest absolute Gasteiger partial charge is 0.187 e. The second kappa shape index (κ2) is 22.9. The van der Waals surface area contributed by atoms with Crippen molar-refractivity contribution < 1.29 is 64.5 Å². The number of hydrogen-bond acceptors (Lipinski definition) is 13. The van der Waals surface area contributed by atoms with Gasteiger partial charge in [0.2, 0.25) is 0 Å². The molecule has 0 unspecified atom stereocenters. The predicted molar refractivity (Wildman–Crippen MR) is 159 cm³/mol. The van der Waals surface area contributed by atoms with E-state index in [2.05, 4.69) is 6.92 Å². The molecule has 13 heteroatoms. The highest BCUT2D eigenvalue weighted by Crippen LogP contribution is 2.29. The fraction of sp³-hybridized carbons (Fsp3) is 1.00. The van der Waals surface area contributed by atoms with Crippen LogP contribution in [0.3, 0.4) is 0 Å². The first-order valence-corrected chi connectivity index (χ1v) is 16.7. The van der Waals surface area contributed by atoms with Crippen molar-refractivity contribution in [3.05, 3.63) is 0 Å². The van der Waals surface area contributed by atoms with E-state index in [-0.39, 0.29) is 13.2 Å². The minimum absolute atomic E-state index is 0.0239. The van der Waals surface area contributed by atoms with Crippen molar-refractivity contribution in [1.29, 1.82) is 0 Å². The summed E-state index contributed by atoms with van der Waals surface area (Å²) in [6, 6.07) is 0. The summed E-state index contributed by atoms with van der Waals surface area (Å²) in [5, 5.41) is 80.7. The van der Waals surface area contributed by atoms with Gasteiger partial charge in [0.25, 0.3) is 0 Å². The SMILES string of the molecule is CCCCCCCCCCCCCCCCOC[C@@H](O)CO[C@@H]1O[C@H](CO)[C@H](O[C@H]2O[C@H](CO)[C@H](O)[C@H](O)[C@H]2O)[C@H](O)[C@H]1O. The molecule has 0 aromatic heterocycles. The third kappa shape index (κ3) is 13.7. The molecule has 8 N–H and O–H groups in total. The van der Waals surface area contributed by atoms with Crippen LogP contribution >= 0.6 is 0 Å². The Bertz CT molecular complexity index is 699. The lowest BCUT2D eigenvalue weighted by molar-refractivity contribution is -0.360. The second-order valence-corrected chi connectivity index (χ2v) is 12.2. The molecule has 2 saturated heterocycles. The normalized spacial score (nSPS) is 33.5. The van der Waals surface area contributed by atoms with Gasteiger partial charge in [-0.2, -0.15) is 0 Å². The molecule has 2 rings (SSSR count). The van der Waals surface area contributed by atoms with Crippen LogP contribution in [0.5, 0.6) is 0 Å². The molecular formula is C31H60O13. The monoisotopic (exact) mass is 640 g/mol. The minimum Gasteiger partial charge on any atom is -0.394 e. The van der Waals surface area contributed by atoms with Crippen LogP contribution in [-0.4, -0.2) is 141 Å². The summed E-state index contributed by atoms with van der Waals surface area (Å²) in [7, 11) is 0. The Morgan fingerprint density at radius 1 is 0.568 bits per heavy atom. The first-order valence-electron chi connectivity index (χ1n) is 16.7. The lowest BCUT2D eigenvalue weighted by Crippen LogP contribution is -2.64. The Labute approximate surface area is 262 Å². The highest BCUT2D eigenvalue weighted by atomic mass is 16.7. The molecule has 0 spiro atoms. The molecule has 2 aliphatic rings. The van der Waals surface area contributed by atoms with Crippen molar-refractivity contribution in [3.63, 3.8) is 0 Å². The van der Waals surface area contributed by atoms with Gasteiger partial charge in [-0.05, 0) is 6.42 Å². The molecule has 262 valence electrons. The van der Waals surface area contributed by atoms with E-state index in [0.29, 0.717) is 6.61 Å². The van der Waals surface area contributed by atoms with Gasteiger partial charge >= 0.3 is 0 Å². The topological polar surface area (TPSA) is 208 Å². The lowest BCUT2D eigenvalue weighted by atomic mass is 9.97. The molecule has 0 bridgehead atoms. The van der Waals surface area contributed by atoms with E-state index >= 15 is 0 Å². The van der Waals surface area contributed by atoms with Gasteiger partial charge in [0.1, 0.15) is 54.9 Å². The van der Waals surface area contributed by atoms with Crippen LogP contribution in [0.2, 0.25) is 0 Å². The van der Waals surface area contributed by atoms with Crippen LogP contribution in [0.1, 0.15) is 96.8 Å². The molecule has 13 nitrogen and oxygen atoms in total. The van der Waals surface area contributed by atoms with Crippen molar-refractivity contribution in [3.8, 4) is 0 Å². The molecular weight excluding hydrogens is 580 g/mol. The standard InChI is InChI=1S/C31H60O13/c1-2-3-4-5-6-7-8-9-10-11-12-13-14-15-16-40-19-21(34)20-41-30-28(39)26(37)29(23(18-33)43-30)44-31-27(38)25(36)24(35)22(17-32)42-31/h21-39H,2-20H2,1H3/t21-,22-,23-,24+,25+,26-,27-,28-,29+,30-,31-/m1/s1. The molecule has 0 amide bonds. The number of unbranched alkanes of at least 4 members (excludes halogenated alkanes) is 13. The third-order valence-electron chi connectivity index (χ3n) is 8.37. The van der Waals surface area contributed by atoms with Crippen molar-refractivity contribution in [2.75, 3.05) is 33.0 Å². The first-order chi connectivity index (χ1) is 21.2. The number of aliphatic hydroxyl groups is 8. The van der Waals surface area contributed by atoms with Gasteiger partial charge in [-0.25, -0.2) is 0 Å². The predicted octanol–water partition coefficient (Wildman–Crippen LogP) is 0.486. The van der Waals surface area contributed by atoms with E-state index < -0.39 is 80.7 Å². The van der Waals surface area contributed by atoms with E-state index in [1.54, 1.807) is 0 Å². The number of ether oxygens (including phenoxy) is 5. The van der Waals surface area contributed by atoms with Crippen molar-refractivity contribution >= 4 is 0 Å². The summed E-state index contributed by atoms with van der Waals surface area (Å²) >= 11 is 0. The maximum absolute atomic E-state index is 10.7. The maximum atomic E-state index is 10.7. The molecule has 0 saturated carbocycles. The molecule has 44 heavy (non-hydrogen) atoms. The van der Waals surface area contributed by atoms with E-state index in [1.807, 2.05) is 0 Å². The van der Waals surface area contributed by atoms with Gasteiger partial charge < -0.3 is 64.5 Å². The zero-order chi connectivity index (χ0) is 32.3. The van der Waals surface area contributed by atoms with E-state index in [0.717, 1.165) is 12.8 Å².